The van der Waals surface area contributed by atoms with Crippen molar-refractivity contribution in [3.8, 4) is 0 Å². The molecule has 4 N–H and O–H groups in total. The number of hydrogen-bond acceptors (Lipinski definition) is 4. The Balaban J connectivity index is 4.12. The van der Waals surface area contributed by atoms with Crippen molar-refractivity contribution in [3.05, 3.63) is 0 Å². The molecule has 0 aromatic heterocycles. The molecular formula is C11H23N3O3. The van der Waals surface area contributed by atoms with Crippen molar-refractivity contribution in [3.63, 3.8) is 0 Å². The fourth-order valence-corrected chi connectivity index (χ4v) is 0.980. The molecule has 0 saturated heterocycles. The minimum atomic E-state index is -0.666. The number of carbonyl (C=O) groups is 2. The first-order valence-corrected chi connectivity index (χ1v) is 5.63. The van der Waals surface area contributed by atoms with Gasteiger partial charge in [-0.2, -0.15) is 0 Å². The first-order valence-electron chi connectivity index (χ1n) is 5.63. The van der Waals surface area contributed by atoms with Gasteiger partial charge in [0, 0.05) is 20.2 Å². The number of ether oxygens (including phenoxy) is 1. The molecule has 0 bridgehead atoms. The predicted octanol–water partition coefficient (Wildman–Crippen LogP) is -0.761. The van der Waals surface area contributed by atoms with Gasteiger partial charge in [-0.3, -0.25) is 9.59 Å². The van der Waals surface area contributed by atoms with Crippen LogP contribution in [0.15, 0.2) is 0 Å². The van der Waals surface area contributed by atoms with Crippen molar-refractivity contribution in [2.45, 2.75) is 26.8 Å². The second-order valence-corrected chi connectivity index (χ2v) is 4.57. The van der Waals surface area contributed by atoms with Crippen LogP contribution in [0.3, 0.4) is 0 Å². The maximum Gasteiger partial charge on any atom is 0.242 e. The molecule has 100 valence electrons. The molecule has 6 nitrogen and oxygen atoms in total. The molecule has 0 aliphatic rings. The zero-order chi connectivity index (χ0) is 13.5. The number of hydrogen-bond donors (Lipinski definition) is 3. The summed E-state index contributed by atoms with van der Waals surface area (Å²) in [6.07, 6.45) is 0. The minimum absolute atomic E-state index is 0.227. The zero-order valence-corrected chi connectivity index (χ0v) is 11.0. The molecule has 0 heterocycles. The maximum atomic E-state index is 11.7. The van der Waals surface area contributed by atoms with E-state index < -0.39 is 11.5 Å². The summed E-state index contributed by atoms with van der Waals surface area (Å²) in [5, 5.41) is 5.27. The Morgan fingerprint density at radius 1 is 1.41 bits per heavy atom. The van der Waals surface area contributed by atoms with Gasteiger partial charge in [-0.25, -0.2) is 0 Å². The van der Waals surface area contributed by atoms with E-state index in [0.29, 0.717) is 13.2 Å². The van der Waals surface area contributed by atoms with Gasteiger partial charge in [-0.05, 0) is 20.8 Å². The van der Waals surface area contributed by atoms with Gasteiger partial charge in [0.05, 0.1) is 12.0 Å². The summed E-state index contributed by atoms with van der Waals surface area (Å²) in [4.78, 5) is 23.3. The number of nitrogens with two attached hydrogens (primary N) is 1. The van der Waals surface area contributed by atoms with E-state index in [-0.39, 0.29) is 18.4 Å². The van der Waals surface area contributed by atoms with Crippen LogP contribution in [0.2, 0.25) is 0 Å². The van der Waals surface area contributed by atoms with Crippen LogP contribution in [0.4, 0.5) is 0 Å². The summed E-state index contributed by atoms with van der Waals surface area (Å²) in [5.41, 5.74) is 4.81. The molecule has 1 atom stereocenters. The van der Waals surface area contributed by atoms with Gasteiger partial charge in [0.15, 0.2) is 0 Å². The largest absolute Gasteiger partial charge is 0.383 e. The topological polar surface area (TPSA) is 93.5 Å². The number of amides is 2. The van der Waals surface area contributed by atoms with Crippen LogP contribution in [0.25, 0.3) is 0 Å². The molecule has 0 aromatic rings. The van der Waals surface area contributed by atoms with Crippen molar-refractivity contribution < 1.29 is 14.3 Å². The highest BCUT2D eigenvalue weighted by Crippen LogP contribution is 2.12. The Morgan fingerprint density at radius 3 is 2.47 bits per heavy atom. The zero-order valence-electron chi connectivity index (χ0n) is 11.0. The summed E-state index contributed by atoms with van der Waals surface area (Å²) < 4.78 is 4.81. The van der Waals surface area contributed by atoms with E-state index in [2.05, 4.69) is 10.6 Å². The van der Waals surface area contributed by atoms with E-state index in [1.807, 2.05) is 0 Å². The molecule has 0 rings (SSSR count). The van der Waals surface area contributed by atoms with Gasteiger partial charge in [-0.1, -0.05) is 0 Å². The van der Waals surface area contributed by atoms with Gasteiger partial charge in [0.1, 0.15) is 6.04 Å². The van der Waals surface area contributed by atoms with Crippen molar-refractivity contribution in [2.75, 3.05) is 26.8 Å². The molecule has 6 heteroatoms. The SMILES string of the molecule is COCCNC(=O)C(C)NC(=O)C(C)(C)CN. The fraction of sp³-hybridized carbons (Fsp3) is 0.818. The third-order valence-electron chi connectivity index (χ3n) is 2.47. The van der Waals surface area contributed by atoms with Crippen LogP contribution >= 0.6 is 0 Å². The maximum absolute atomic E-state index is 11.7. The van der Waals surface area contributed by atoms with Gasteiger partial charge >= 0.3 is 0 Å². The molecule has 2 amide bonds. The summed E-state index contributed by atoms with van der Waals surface area (Å²) in [5.74, 6) is -0.461. The average molecular weight is 245 g/mol. The van der Waals surface area contributed by atoms with Crippen LogP contribution in [-0.2, 0) is 14.3 Å². The molecule has 0 radical (unpaired) electrons. The quantitative estimate of drug-likeness (QED) is 0.514. The summed E-state index contributed by atoms with van der Waals surface area (Å²) in [6, 6.07) is -0.579. The highest BCUT2D eigenvalue weighted by molar-refractivity contribution is 5.89. The van der Waals surface area contributed by atoms with Crippen LogP contribution < -0.4 is 16.4 Å². The molecule has 0 aliphatic carbocycles. The number of rotatable bonds is 7. The van der Waals surface area contributed by atoms with Crippen LogP contribution in [0.5, 0.6) is 0 Å². The summed E-state index contributed by atoms with van der Waals surface area (Å²) in [6.45, 7) is 6.20. The average Bonchev–Trinajstić information content (AvgIpc) is 2.28. The standard InChI is InChI=1S/C11H23N3O3/c1-8(9(15)13-5-6-17-4)14-10(16)11(2,3)7-12/h8H,5-7,12H2,1-4H3,(H,13,15)(H,14,16). The first kappa shape index (κ1) is 15.9. The van der Waals surface area contributed by atoms with E-state index in [1.165, 1.54) is 0 Å². The van der Waals surface area contributed by atoms with Crippen molar-refractivity contribution >= 4 is 11.8 Å². The van der Waals surface area contributed by atoms with Gasteiger partial charge in [0.2, 0.25) is 11.8 Å². The molecule has 0 saturated carbocycles. The number of nitrogens with one attached hydrogen (secondary N) is 2. The lowest BCUT2D eigenvalue weighted by Gasteiger charge is -2.23. The third-order valence-corrected chi connectivity index (χ3v) is 2.47. The van der Waals surface area contributed by atoms with E-state index in [9.17, 15) is 9.59 Å². The smallest absolute Gasteiger partial charge is 0.242 e. The minimum Gasteiger partial charge on any atom is -0.383 e. The van der Waals surface area contributed by atoms with Crippen LogP contribution in [0.1, 0.15) is 20.8 Å². The lowest BCUT2D eigenvalue weighted by Crippen LogP contribution is -2.51. The molecule has 0 aromatic carbocycles. The number of carbonyl (C=O) groups excluding carboxylic acids is 2. The Bertz CT molecular complexity index is 267. The Labute approximate surface area is 102 Å². The van der Waals surface area contributed by atoms with Crippen LogP contribution in [-0.4, -0.2) is 44.7 Å². The second-order valence-electron chi connectivity index (χ2n) is 4.57. The highest BCUT2D eigenvalue weighted by atomic mass is 16.5. The highest BCUT2D eigenvalue weighted by Gasteiger charge is 2.28. The summed E-state index contributed by atoms with van der Waals surface area (Å²) in [7, 11) is 1.56. The molecule has 1 unspecified atom stereocenters. The molecule has 0 aliphatic heterocycles. The lowest BCUT2D eigenvalue weighted by atomic mass is 9.92. The Morgan fingerprint density at radius 2 is 2.00 bits per heavy atom. The van der Waals surface area contributed by atoms with E-state index >= 15 is 0 Å². The van der Waals surface area contributed by atoms with Crippen molar-refractivity contribution in [1.82, 2.24) is 10.6 Å². The Hall–Kier alpha value is -1.14. The predicted molar refractivity (Wildman–Crippen MR) is 65.3 cm³/mol. The molecular weight excluding hydrogens is 222 g/mol. The normalized spacial score (nSPS) is 13.0. The van der Waals surface area contributed by atoms with E-state index in [4.69, 9.17) is 10.5 Å². The molecule has 0 fully saturated rings. The Kier molecular flexibility index (Phi) is 6.75. The van der Waals surface area contributed by atoms with Gasteiger partial charge in [0.25, 0.3) is 0 Å². The van der Waals surface area contributed by atoms with Crippen molar-refractivity contribution in [2.24, 2.45) is 11.1 Å². The number of methoxy groups -OCH3 is 1. The second kappa shape index (κ2) is 7.24. The fourth-order valence-electron chi connectivity index (χ4n) is 0.980. The van der Waals surface area contributed by atoms with Gasteiger partial charge in [-0.15, -0.1) is 0 Å². The summed E-state index contributed by atoms with van der Waals surface area (Å²) >= 11 is 0. The van der Waals surface area contributed by atoms with Gasteiger partial charge < -0.3 is 21.1 Å². The molecule has 17 heavy (non-hydrogen) atoms. The molecule has 0 spiro atoms. The van der Waals surface area contributed by atoms with Crippen molar-refractivity contribution in [1.29, 1.82) is 0 Å². The van der Waals surface area contributed by atoms with E-state index in [1.54, 1.807) is 27.9 Å². The van der Waals surface area contributed by atoms with Crippen LogP contribution in [0, 0.1) is 5.41 Å². The monoisotopic (exact) mass is 245 g/mol. The first-order chi connectivity index (χ1) is 7.85. The van der Waals surface area contributed by atoms with E-state index in [0.717, 1.165) is 0 Å². The lowest BCUT2D eigenvalue weighted by molar-refractivity contribution is -0.133. The third kappa shape index (κ3) is 5.65.